The monoisotopic (exact) mass is 1540 g/mol. The number of nitrogens with one attached hydrogen (secondary N) is 13. The zero-order valence-electron chi connectivity index (χ0n) is 62.0. The highest BCUT2D eigenvalue weighted by Gasteiger charge is 2.38. The number of imidazole rings is 1. The van der Waals surface area contributed by atoms with E-state index in [1.165, 1.54) is 36.0 Å². The molecule has 0 aromatic carbocycles. The Bertz CT molecular complexity index is 3110. The molecule has 1 heterocycles. The van der Waals surface area contributed by atoms with Crippen LogP contribution in [0.15, 0.2) is 12.5 Å². The normalized spacial score (nSPS) is 14.6. The fraction of sp³-hybridized carbons (Fsp3) is 0.697. The molecule has 0 radical (unpaired) electrons. The molecule has 25 N–H and O–H groups in total. The van der Waals surface area contributed by atoms with Crippen molar-refractivity contribution in [1.29, 1.82) is 0 Å². The Hall–Kier alpha value is -9.18. The van der Waals surface area contributed by atoms with Gasteiger partial charge >= 0.3 is 11.9 Å². The predicted molar refractivity (Wildman–Crippen MR) is 392 cm³/mol. The van der Waals surface area contributed by atoms with Crippen molar-refractivity contribution in [2.24, 2.45) is 52.3 Å². The van der Waals surface area contributed by atoms with E-state index in [0.717, 1.165) is 0 Å². The molecular weight excluding hydrogens is 1430 g/mol. The highest BCUT2D eigenvalue weighted by Crippen LogP contribution is 2.15. The number of thioether (sulfide) groups is 2. The van der Waals surface area contributed by atoms with E-state index >= 15 is 0 Å². The maximum atomic E-state index is 14.5. The van der Waals surface area contributed by atoms with Gasteiger partial charge in [-0.15, -0.1) is 0 Å². The van der Waals surface area contributed by atoms with E-state index in [4.69, 9.17) is 28.7 Å². The molecule has 38 nitrogen and oxygen atoms in total. The van der Waals surface area contributed by atoms with E-state index < -0.39 is 211 Å². The standard InChI is InChI=1S/C66H113N19O19S2/c1-33(2)23-43(75-53(89)31-73-55(92)38(68)18-21-105-9)59(96)83-47(27-37-30-72-32-74-37)63(100)85-49(29-54(90)91)65(102)84-48(28-52(71)88)64(101)82-45(25-35(5)6)60(97)76-39(13-11-12-20-67)56(93)77-40(14-16-50(69)86)57(94)80-44(24-34(3)4)61(98)78-41(19-22-106-10)58(95)81-46(26-36(7)8)62(99)79-42(66(103)104)15-17-51(70)87/h30,32-36,38-49H,11-29,31,67-68H2,1-10H3,(H2,69,86)(H2,70,87)(H2,71,88)(H,72,74)(H,73,92)(H,75,89)(H,76,97)(H,77,93)(H,78,98)(H,79,99)(H,80,94)(H,81,95)(H,82,101)(H,83,96)(H,84,102)(H,85,100)(H,90,91)(H,103,104)/t38-,39-,40-,41-,42-,43-,44-,45-,46-,47-,48-,49-/m0/s1. The second-order valence-corrected chi connectivity index (χ2v) is 29.3. The quantitative estimate of drug-likeness (QED) is 0.0273. The van der Waals surface area contributed by atoms with Crippen LogP contribution in [0.3, 0.4) is 0 Å². The first-order valence-corrected chi connectivity index (χ1v) is 37.8. The van der Waals surface area contributed by atoms with Crippen LogP contribution < -0.4 is 92.5 Å². The summed E-state index contributed by atoms with van der Waals surface area (Å²) in [6.45, 7) is 13.3. The first-order valence-electron chi connectivity index (χ1n) is 35.0. The molecule has 1 aromatic heterocycles. The largest absolute Gasteiger partial charge is 0.481 e. The minimum atomic E-state index is -2.05. The summed E-state index contributed by atoms with van der Waals surface area (Å²) in [5.41, 5.74) is 28.3. The van der Waals surface area contributed by atoms with Gasteiger partial charge in [0.2, 0.25) is 88.6 Å². The molecule has 1 aromatic rings. The van der Waals surface area contributed by atoms with Crippen LogP contribution in [-0.2, 0) is 87.9 Å². The summed E-state index contributed by atoms with van der Waals surface area (Å²) in [7, 11) is 0. The van der Waals surface area contributed by atoms with Gasteiger partial charge in [0.05, 0.1) is 31.8 Å². The number of carboxylic acid groups (broad SMARTS) is 2. The number of carbonyl (C=O) groups is 17. The van der Waals surface area contributed by atoms with Gasteiger partial charge in [0, 0.05) is 31.2 Å². The zero-order chi connectivity index (χ0) is 80.5. The summed E-state index contributed by atoms with van der Waals surface area (Å²) in [4.78, 5) is 235. The smallest absolute Gasteiger partial charge is 0.326 e. The number of aromatic nitrogens is 2. The number of carboxylic acids is 2. The molecule has 15 amide bonds. The average Bonchev–Trinajstić information content (AvgIpc) is 0.948. The second-order valence-electron chi connectivity index (χ2n) is 27.3. The van der Waals surface area contributed by atoms with Gasteiger partial charge in [0.25, 0.3) is 0 Å². The number of carbonyl (C=O) groups excluding carboxylic acids is 15. The van der Waals surface area contributed by atoms with Crippen molar-refractivity contribution in [3.05, 3.63) is 18.2 Å². The van der Waals surface area contributed by atoms with Crippen molar-refractivity contribution < 1.29 is 91.7 Å². The van der Waals surface area contributed by atoms with Crippen LogP contribution in [0.25, 0.3) is 0 Å². The highest BCUT2D eigenvalue weighted by molar-refractivity contribution is 7.98. The maximum Gasteiger partial charge on any atom is 0.326 e. The lowest BCUT2D eigenvalue weighted by Gasteiger charge is -2.29. The fourth-order valence-electron chi connectivity index (χ4n) is 10.4. The number of amides is 15. The van der Waals surface area contributed by atoms with Gasteiger partial charge in [-0.2, -0.15) is 23.5 Å². The number of hydrogen-bond acceptors (Lipinski definition) is 22. The van der Waals surface area contributed by atoms with E-state index in [0.29, 0.717) is 24.3 Å². The van der Waals surface area contributed by atoms with E-state index in [-0.39, 0.29) is 94.2 Å². The third-order valence-corrected chi connectivity index (χ3v) is 17.2. The number of H-pyrrole nitrogens is 1. The van der Waals surface area contributed by atoms with E-state index in [9.17, 15) is 91.7 Å². The van der Waals surface area contributed by atoms with Crippen LogP contribution in [0.2, 0.25) is 0 Å². The van der Waals surface area contributed by atoms with Crippen LogP contribution in [0.5, 0.6) is 0 Å². The topological polar surface area (TPSA) is 634 Å². The number of aromatic amines is 1. The number of nitrogens with zero attached hydrogens (tertiary/aromatic N) is 1. The molecule has 106 heavy (non-hydrogen) atoms. The number of nitrogens with two attached hydrogens (primary N) is 5. The van der Waals surface area contributed by atoms with Crippen LogP contribution in [0, 0.1) is 23.7 Å². The van der Waals surface area contributed by atoms with Crippen molar-refractivity contribution in [2.75, 3.05) is 37.1 Å². The van der Waals surface area contributed by atoms with E-state index in [1.54, 1.807) is 61.6 Å². The van der Waals surface area contributed by atoms with Crippen molar-refractivity contribution in [2.45, 2.75) is 231 Å². The SMILES string of the molecule is CSCC[C@H](NC(=O)[C@H](CC(C)C)NC(=O)[C@H](CCC(N)=O)NC(=O)[C@H](CCCCN)NC(=O)[C@H](CC(C)C)NC(=O)[C@H](CC(N)=O)NC(=O)[C@H](CC(=O)O)NC(=O)[C@H](Cc1cnc[nH]1)NC(=O)[C@H](CC(C)C)NC(=O)CNC(=O)[C@@H](N)CCSC)C(=O)N[C@@H](CC(C)C)C(=O)N[C@@H](CCC(N)=O)C(=O)O. The molecule has 40 heteroatoms. The zero-order valence-corrected chi connectivity index (χ0v) is 63.7. The van der Waals surface area contributed by atoms with Crippen molar-refractivity contribution in [3.8, 4) is 0 Å². The third-order valence-electron chi connectivity index (χ3n) is 15.9. The summed E-state index contributed by atoms with van der Waals surface area (Å²) >= 11 is 2.79. The molecule has 0 spiro atoms. The Balaban J connectivity index is 3.68. The molecule has 598 valence electrons. The molecule has 12 atom stereocenters. The molecule has 1 rings (SSSR count). The number of aliphatic carboxylic acids is 2. The lowest BCUT2D eigenvalue weighted by atomic mass is 10.00. The van der Waals surface area contributed by atoms with Gasteiger partial charge in [-0.25, -0.2) is 9.78 Å². The highest BCUT2D eigenvalue weighted by atomic mass is 32.2. The maximum absolute atomic E-state index is 14.5. The number of hydrogen-bond donors (Lipinski definition) is 20. The molecule has 0 saturated carbocycles. The molecular formula is C66H113N19O19S2. The van der Waals surface area contributed by atoms with Gasteiger partial charge in [0.1, 0.15) is 66.5 Å². The number of primary amides is 3. The Morgan fingerprint density at radius 3 is 1.16 bits per heavy atom. The van der Waals surface area contributed by atoms with Gasteiger partial charge in [-0.05, 0) is 125 Å². The Kier molecular flexibility index (Phi) is 45.0. The van der Waals surface area contributed by atoms with Gasteiger partial charge in [-0.3, -0.25) is 76.7 Å². The second kappa shape index (κ2) is 50.3. The van der Waals surface area contributed by atoms with Crippen LogP contribution in [0.4, 0.5) is 0 Å². The lowest BCUT2D eigenvalue weighted by Crippen LogP contribution is -2.61. The third kappa shape index (κ3) is 39.3. The Labute approximate surface area is 625 Å². The van der Waals surface area contributed by atoms with E-state index in [2.05, 4.69) is 73.8 Å². The summed E-state index contributed by atoms with van der Waals surface area (Å²) in [6, 6.07) is -18.3. The summed E-state index contributed by atoms with van der Waals surface area (Å²) in [6.07, 6.45) is 2.50. The van der Waals surface area contributed by atoms with Crippen LogP contribution >= 0.6 is 23.5 Å². The average molecular weight is 1540 g/mol. The van der Waals surface area contributed by atoms with Gasteiger partial charge in [0.15, 0.2) is 0 Å². The number of rotatable bonds is 55. The van der Waals surface area contributed by atoms with Gasteiger partial charge < -0.3 is 108 Å². The summed E-state index contributed by atoms with van der Waals surface area (Å²) in [5.74, 6) is -18.0. The summed E-state index contributed by atoms with van der Waals surface area (Å²) < 4.78 is 0. The lowest BCUT2D eigenvalue weighted by molar-refractivity contribution is -0.143. The summed E-state index contributed by atoms with van der Waals surface area (Å²) in [5, 5.41) is 49.5. The minimum absolute atomic E-state index is 0.00145. The van der Waals surface area contributed by atoms with E-state index in [1.807, 2.05) is 6.26 Å². The molecule has 0 saturated heterocycles. The Morgan fingerprint density at radius 2 is 0.774 bits per heavy atom. The fourth-order valence-corrected chi connectivity index (χ4v) is 11.4. The molecule has 0 aliphatic heterocycles. The first-order chi connectivity index (χ1) is 49.7. The Morgan fingerprint density at radius 1 is 0.425 bits per heavy atom. The van der Waals surface area contributed by atoms with Crippen LogP contribution in [-0.4, -0.2) is 230 Å². The van der Waals surface area contributed by atoms with Crippen LogP contribution in [0.1, 0.15) is 157 Å². The first kappa shape index (κ1) is 94.8. The van der Waals surface area contributed by atoms with Crippen molar-refractivity contribution in [1.82, 2.24) is 73.8 Å². The molecule has 0 aliphatic carbocycles. The molecule has 0 bridgehead atoms. The van der Waals surface area contributed by atoms with Crippen molar-refractivity contribution in [3.63, 3.8) is 0 Å². The number of unbranched alkanes of at least 4 members (excludes halogenated alkanes) is 1. The molecule has 0 fully saturated rings. The van der Waals surface area contributed by atoms with Gasteiger partial charge in [-0.1, -0.05) is 55.4 Å². The van der Waals surface area contributed by atoms with Crippen molar-refractivity contribution >= 4 is 124 Å². The molecule has 0 aliphatic rings. The predicted octanol–water partition coefficient (Wildman–Crippen LogP) is -4.49. The molecule has 0 unspecified atom stereocenters. The minimum Gasteiger partial charge on any atom is -0.481 e.